The molecule has 2 radical (unpaired) electrons. The fourth-order valence-electron chi connectivity index (χ4n) is 2.63. The van der Waals surface area contributed by atoms with E-state index in [4.69, 9.17) is 12.6 Å². The maximum absolute atomic E-state index is 5.99. The number of benzene rings is 3. The summed E-state index contributed by atoms with van der Waals surface area (Å²) >= 11 is 0. The first-order valence-corrected chi connectivity index (χ1v) is 6.84. The van der Waals surface area contributed by atoms with Gasteiger partial charge in [-0.05, 0) is 36.4 Å². The number of hydrogen-bond acceptors (Lipinski definition) is 2. The Labute approximate surface area is 125 Å². The Balaban J connectivity index is 1.97. The molecule has 0 aromatic heterocycles. The van der Waals surface area contributed by atoms with Gasteiger partial charge in [0.1, 0.15) is 7.85 Å². The van der Waals surface area contributed by atoms with Crippen molar-refractivity contribution >= 4 is 30.4 Å². The van der Waals surface area contributed by atoms with E-state index >= 15 is 0 Å². The quantitative estimate of drug-likeness (QED) is 0.483. The van der Waals surface area contributed by atoms with Crippen LogP contribution in [0.2, 0.25) is 0 Å². The molecule has 1 aliphatic heterocycles. The zero-order valence-electron chi connectivity index (χ0n) is 11.4. The first-order chi connectivity index (χ1) is 10.3. The molecule has 0 spiro atoms. The number of fused-ring (bicyclic) bond motifs is 2. The molecule has 1 heterocycles. The molecule has 0 saturated carbocycles. The van der Waals surface area contributed by atoms with Crippen LogP contribution in [0.15, 0.2) is 72.8 Å². The largest absolute Gasteiger partial charge is 0.453 e. The van der Waals surface area contributed by atoms with Crippen molar-refractivity contribution in [2.75, 3.05) is 4.90 Å². The molecule has 0 N–H and O–H groups in total. The zero-order valence-corrected chi connectivity index (χ0v) is 11.4. The van der Waals surface area contributed by atoms with Gasteiger partial charge < -0.3 is 9.64 Å². The van der Waals surface area contributed by atoms with E-state index in [1.54, 1.807) is 0 Å². The molecule has 0 amide bonds. The minimum atomic E-state index is 0.696. The summed E-state index contributed by atoms with van der Waals surface area (Å²) < 4.78 is 5.99. The van der Waals surface area contributed by atoms with E-state index < -0.39 is 0 Å². The third-order valence-electron chi connectivity index (χ3n) is 3.57. The standard InChI is InChI=1S/C18H12BNO/c19-13-10-11-16-18(12-13)21-17-9-5-4-8-15(17)20(16)14-6-2-1-3-7-14/h1-12H. The number of anilines is 3. The van der Waals surface area contributed by atoms with Gasteiger partial charge in [-0.1, -0.05) is 41.9 Å². The molecule has 0 saturated heterocycles. The lowest BCUT2D eigenvalue weighted by Crippen LogP contribution is -2.17. The highest BCUT2D eigenvalue weighted by molar-refractivity contribution is 6.32. The maximum atomic E-state index is 5.99. The second kappa shape index (κ2) is 4.71. The fourth-order valence-corrected chi connectivity index (χ4v) is 2.63. The molecule has 1 aliphatic rings. The third kappa shape index (κ3) is 1.98. The van der Waals surface area contributed by atoms with Gasteiger partial charge in [0.05, 0.1) is 11.4 Å². The Morgan fingerprint density at radius 3 is 2.29 bits per heavy atom. The Hall–Kier alpha value is -2.68. The lowest BCUT2D eigenvalue weighted by molar-refractivity contribution is 0.477. The molecule has 21 heavy (non-hydrogen) atoms. The van der Waals surface area contributed by atoms with Crippen molar-refractivity contribution in [2.24, 2.45) is 0 Å². The SMILES string of the molecule is [B]c1ccc2c(c1)Oc1ccccc1N2c1ccccc1. The van der Waals surface area contributed by atoms with Gasteiger partial charge >= 0.3 is 0 Å². The second-order valence-corrected chi connectivity index (χ2v) is 4.97. The summed E-state index contributed by atoms with van der Waals surface area (Å²) in [6, 6.07) is 24.0. The van der Waals surface area contributed by atoms with Crippen molar-refractivity contribution in [1.82, 2.24) is 0 Å². The van der Waals surface area contributed by atoms with E-state index in [-0.39, 0.29) is 0 Å². The molecule has 0 unspecified atom stereocenters. The van der Waals surface area contributed by atoms with Crippen molar-refractivity contribution in [2.45, 2.75) is 0 Å². The summed E-state index contributed by atoms with van der Waals surface area (Å²) in [6.45, 7) is 0. The van der Waals surface area contributed by atoms with Gasteiger partial charge in [-0.3, -0.25) is 0 Å². The summed E-state index contributed by atoms with van der Waals surface area (Å²) in [5.74, 6) is 1.61. The predicted octanol–water partition coefficient (Wildman–Crippen LogP) is 4.06. The molecule has 0 aliphatic carbocycles. The lowest BCUT2D eigenvalue weighted by atomic mass is 9.95. The number of rotatable bonds is 1. The van der Waals surface area contributed by atoms with Gasteiger partial charge in [-0.25, -0.2) is 0 Å². The van der Waals surface area contributed by atoms with Crippen molar-refractivity contribution in [1.29, 1.82) is 0 Å². The first-order valence-electron chi connectivity index (χ1n) is 6.84. The Morgan fingerprint density at radius 1 is 0.714 bits per heavy atom. The molecular formula is C18H12BNO. The van der Waals surface area contributed by atoms with Crippen LogP contribution in [0, 0.1) is 0 Å². The van der Waals surface area contributed by atoms with Crippen molar-refractivity contribution in [3.05, 3.63) is 72.8 Å². The molecule has 3 aromatic rings. The topological polar surface area (TPSA) is 12.5 Å². The zero-order chi connectivity index (χ0) is 14.2. The summed E-state index contributed by atoms with van der Waals surface area (Å²) in [5, 5.41) is 0. The normalized spacial score (nSPS) is 12.3. The molecule has 2 nitrogen and oxygen atoms in total. The van der Waals surface area contributed by atoms with Gasteiger partial charge in [0, 0.05) is 5.69 Å². The molecule has 0 fully saturated rings. The van der Waals surface area contributed by atoms with Crippen molar-refractivity contribution in [3.63, 3.8) is 0 Å². The van der Waals surface area contributed by atoms with E-state index in [0.29, 0.717) is 5.46 Å². The summed E-state index contributed by atoms with van der Waals surface area (Å²) in [4.78, 5) is 2.19. The second-order valence-electron chi connectivity index (χ2n) is 4.97. The van der Waals surface area contributed by atoms with Gasteiger partial charge in [0.25, 0.3) is 0 Å². The number of para-hydroxylation sites is 3. The van der Waals surface area contributed by atoms with Crippen LogP contribution in [0.4, 0.5) is 17.1 Å². The maximum Gasteiger partial charge on any atom is 0.151 e. The van der Waals surface area contributed by atoms with Crippen LogP contribution in [-0.2, 0) is 0 Å². The van der Waals surface area contributed by atoms with Crippen LogP contribution >= 0.6 is 0 Å². The summed E-state index contributed by atoms with van der Waals surface area (Å²) in [6.07, 6.45) is 0. The van der Waals surface area contributed by atoms with E-state index in [0.717, 1.165) is 28.6 Å². The Bertz CT molecular complexity index is 801. The van der Waals surface area contributed by atoms with Gasteiger partial charge in [0.2, 0.25) is 0 Å². The fraction of sp³-hybridized carbons (Fsp3) is 0. The van der Waals surface area contributed by atoms with Crippen LogP contribution in [0.25, 0.3) is 0 Å². The number of hydrogen-bond donors (Lipinski definition) is 0. The van der Waals surface area contributed by atoms with Crippen LogP contribution < -0.4 is 15.1 Å². The highest BCUT2D eigenvalue weighted by Crippen LogP contribution is 2.49. The summed E-state index contributed by atoms with van der Waals surface area (Å²) in [7, 11) is 5.89. The highest BCUT2D eigenvalue weighted by Gasteiger charge is 2.25. The van der Waals surface area contributed by atoms with Crippen LogP contribution in [0.3, 0.4) is 0 Å². The number of ether oxygens (including phenoxy) is 1. The van der Waals surface area contributed by atoms with E-state index in [1.165, 1.54) is 0 Å². The molecule has 98 valence electrons. The van der Waals surface area contributed by atoms with Crippen LogP contribution in [0.1, 0.15) is 0 Å². The van der Waals surface area contributed by atoms with Crippen molar-refractivity contribution < 1.29 is 4.74 Å². The predicted molar refractivity (Wildman–Crippen MR) is 86.6 cm³/mol. The Morgan fingerprint density at radius 2 is 1.43 bits per heavy atom. The van der Waals surface area contributed by atoms with E-state index in [9.17, 15) is 0 Å². The molecule has 3 heteroatoms. The molecule has 3 aromatic carbocycles. The van der Waals surface area contributed by atoms with E-state index in [2.05, 4.69) is 23.1 Å². The van der Waals surface area contributed by atoms with Crippen LogP contribution in [0.5, 0.6) is 11.5 Å². The molecule has 4 rings (SSSR count). The third-order valence-corrected chi connectivity index (χ3v) is 3.57. The van der Waals surface area contributed by atoms with Gasteiger partial charge in [-0.2, -0.15) is 0 Å². The van der Waals surface area contributed by atoms with Crippen LogP contribution in [-0.4, -0.2) is 7.85 Å². The first kappa shape index (κ1) is 12.1. The number of nitrogens with zero attached hydrogens (tertiary/aromatic N) is 1. The highest BCUT2D eigenvalue weighted by atomic mass is 16.5. The van der Waals surface area contributed by atoms with Gasteiger partial charge in [0.15, 0.2) is 11.5 Å². The van der Waals surface area contributed by atoms with Crippen molar-refractivity contribution in [3.8, 4) is 11.5 Å². The van der Waals surface area contributed by atoms with Gasteiger partial charge in [-0.15, -0.1) is 0 Å². The average Bonchev–Trinajstić information content (AvgIpc) is 2.53. The average molecular weight is 269 g/mol. The van der Waals surface area contributed by atoms with E-state index in [1.807, 2.05) is 54.6 Å². The lowest BCUT2D eigenvalue weighted by Gasteiger charge is -2.33. The molecule has 0 bridgehead atoms. The smallest absolute Gasteiger partial charge is 0.151 e. The minimum Gasteiger partial charge on any atom is -0.453 e. The summed E-state index contributed by atoms with van der Waals surface area (Å²) in [5.41, 5.74) is 3.82. The Kier molecular flexibility index (Phi) is 2.71. The molecule has 0 atom stereocenters. The molecular weight excluding hydrogens is 257 g/mol. The monoisotopic (exact) mass is 269 g/mol. The minimum absolute atomic E-state index is 0.696.